The van der Waals surface area contributed by atoms with Crippen molar-refractivity contribution >= 4 is 23.5 Å². The highest BCUT2D eigenvalue weighted by molar-refractivity contribution is 8.00. The number of hydrogen-bond donors (Lipinski definition) is 0. The van der Waals surface area contributed by atoms with Crippen LogP contribution in [-0.4, -0.2) is 23.6 Å². The summed E-state index contributed by atoms with van der Waals surface area (Å²) in [5, 5.41) is -0.351. The zero-order chi connectivity index (χ0) is 13.4. The van der Waals surface area contributed by atoms with Crippen molar-refractivity contribution in [3.8, 4) is 0 Å². The highest BCUT2D eigenvalue weighted by Crippen LogP contribution is 2.26. The largest absolute Gasteiger partial charge is 0.460 e. The summed E-state index contributed by atoms with van der Waals surface area (Å²) in [6.07, 6.45) is 1.53. The second kappa shape index (κ2) is 7.93. The number of Topliss-reactive ketones (excluding diaryl/α,β-unsaturated/α-hetero) is 1. The molecule has 0 N–H and O–H groups in total. The summed E-state index contributed by atoms with van der Waals surface area (Å²) in [4.78, 5) is 24.4. The predicted molar refractivity (Wildman–Crippen MR) is 72.6 cm³/mol. The first-order chi connectivity index (χ1) is 8.69. The molecule has 98 valence electrons. The van der Waals surface area contributed by atoms with Crippen LogP contribution in [0.4, 0.5) is 0 Å². The van der Waals surface area contributed by atoms with Crippen molar-refractivity contribution in [2.45, 2.75) is 36.8 Å². The summed E-state index contributed by atoms with van der Waals surface area (Å²) in [6.45, 7) is 3.93. The van der Waals surface area contributed by atoms with Crippen LogP contribution >= 0.6 is 11.8 Å². The van der Waals surface area contributed by atoms with Crippen LogP contribution in [0.25, 0.3) is 0 Å². The summed E-state index contributed by atoms with van der Waals surface area (Å²) in [6, 6.07) is 9.63. The Hall–Kier alpha value is -1.29. The number of ether oxygens (including phenoxy) is 1. The molecule has 18 heavy (non-hydrogen) atoms. The Bertz CT molecular complexity index is 389. The normalized spacial score (nSPS) is 11.9. The quantitative estimate of drug-likeness (QED) is 0.432. The minimum Gasteiger partial charge on any atom is -0.460 e. The fourth-order valence-electron chi connectivity index (χ4n) is 1.50. The lowest BCUT2D eigenvalue weighted by atomic mass is 10.2. The number of thioether (sulfide) groups is 1. The zero-order valence-corrected chi connectivity index (χ0v) is 11.5. The van der Waals surface area contributed by atoms with Gasteiger partial charge in [-0.05, 0) is 25.5 Å². The number of rotatable bonds is 7. The van der Waals surface area contributed by atoms with Gasteiger partial charge in [-0.15, -0.1) is 11.8 Å². The highest BCUT2D eigenvalue weighted by atomic mass is 32.2. The van der Waals surface area contributed by atoms with Gasteiger partial charge in [0.05, 0.1) is 11.9 Å². The van der Waals surface area contributed by atoms with Crippen LogP contribution in [0.1, 0.15) is 26.7 Å². The third kappa shape index (κ3) is 4.53. The average Bonchev–Trinajstić information content (AvgIpc) is 2.39. The SMILES string of the molecule is CCCC(Sc1ccccc1)C(=O)C(=O)OCC. The molecule has 0 amide bonds. The number of benzene rings is 1. The lowest BCUT2D eigenvalue weighted by Crippen LogP contribution is -2.28. The fourth-order valence-corrected chi connectivity index (χ4v) is 2.70. The van der Waals surface area contributed by atoms with Crippen LogP contribution in [0.2, 0.25) is 0 Å². The second-order valence-electron chi connectivity index (χ2n) is 3.79. The Morgan fingerprint density at radius 3 is 2.44 bits per heavy atom. The van der Waals surface area contributed by atoms with Gasteiger partial charge in [0.1, 0.15) is 0 Å². The van der Waals surface area contributed by atoms with Gasteiger partial charge >= 0.3 is 5.97 Å². The molecule has 1 rings (SSSR count). The van der Waals surface area contributed by atoms with Gasteiger partial charge in [0.15, 0.2) is 0 Å². The van der Waals surface area contributed by atoms with E-state index >= 15 is 0 Å². The molecule has 0 saturated carbocycles. The number of carbonyl (C=O) groups excluding carboxylic acids is 2. The third-order valence-corrected chi connectivity index (χ3v) is 3.62. The zero-order valence-electron chi connectivity index (χ0n) is 10.7. The van der Waals surface area contributed by atoms with Gasteiger partial charge in [0.25, 0.3) is 5.78 Å². The Balaban J connectivity index is 2.70. The molecule has 1 atom stereocenters. The molecule has 0 aliphatic carbocycles. The Kier molecular flexibility index (Phi) is 6.50. The maximum absolute atomic E-state index is 11.9. The monoisotopic (exact) mass is 266 g/mol. The highest BCUT2D eigenvalue weighted by Gasteiger charge is 2.26. The van der Waals surface area contributed by atoms with Gasteiger partial charge in [-0.2, -0.15) is 0 Å². The predicted octanol–water partition coefficient (Wildman–Crippen LogP) is 3.08. The number of esters is 1. The lowest BCUT2D eigenvalue weighted by Gasteiger charge is -2.13. The fraction of sp³-hybridized carbons (Fsp3) is 0.429. The van der Waals surface area contributed by atoms with Gasteiger partial charge in [0.2, 0.25) is 0 Å². The molecule has 0 aromatic heterocycles. The van der Waals surface area contributed by atoms with Gasteiger partial charge in [-0.3, -0.25) is 4.79 Å². The van der Waals surface area contributed by atoms with Gasteiger partial charge < -0.3 is 4.74 Å². The molecule has 3 nitrogen and oxygen atoms in total. The van der Waals surface area contributed by atoms with E-state index in [2.05, 4.69) is 0 Å². The molecule has 0 spiro atoms. The molecule has 0 saturated heterocycles. The smallest absolute Gasteiger partial charge is 0.375 e. The molecular weight excluding hydrogens is 248 g/mol. The van der Waals surface area contributed by atoms with Gasteiger partial charge in [0, 0.05) is 4.90 Å². The summed E-state index contributed by atoms with van der Waals surface area (Å²) in [5.41, 5.74) is 0. The van der Waals surface area contributed by atoms with E-state index in [0.717, 1.165) is 11.3 Å². The van der Waals surface area contributed by atoms with Crippen molar-refractivity contribution in [2.75, 3.05) is 6.61 Å². The Labute approximate surface area is 112 Å². The van der Waals surface area contributed by atoms with E-state index < -0.39 is 11.8 Å². The summed E-state index contributed by atoms with van der Waals surface area (Å²) in [5.74, 6) is -1.16. The summed E-state index contributed by atoms with van der Waals surface area (Å²) in [7, 11) is 0. The van der Waals surface area contributed by atoms with Crippen LogP contribution < -0.4 is 0 Å². The van der Waals surface area contributed by atoms with Crippen LogP contribution in [0.5, 0.6) is 0 Å². The van der Waals surface area contributed by atoms with Crippen molar-refractivity contribution in [1.82, 2.24) is 0 Å². The maximum atomic E-state index is 11.9. The van der Waals surface area contributed by atoms with Crippen LogP contribution in [0, 0.1) is 0 Å². The van der Waals surface area contributed by atoms with Gasteiger partial charge in [-0.1, -0.05) is 31.5 Å². The van der Waals surface area contributed by atoms with E-state index in [1.54, 1.807) is 6.92 Å². The number of carbonyl (C=O) groups is 2. The van der Waals surface area contributed by atoms with E-state index in [9.17, 15) is 9.59 Å². The summed E-state index contributed by atoms with van der Waals surface area (Å²) >= 11 is 1.43. The first kappa shape index (κ1) is 14.8. The van der Waals surface area contributed by atoms with Crippen molar-refractivity contribution in [3.63, 3.8) is 0 Å². The lowest BCUT2D eigenvalue weighted by molar-refractivity contribution is -0.153. The molecule has 1 aromatic rings. The Morgan fingerprint density at radius 1 is 1.22 bits per heavy atom. The van der Waals surface area contributed by atoms with E-state index in [0.29, 0.717) is 6.42 Å². The van der Waals surface area contributed by atoms with E-state index in [-0.39, 0.29) is 11.9 Å². The first-order valence-electron chi connectivity index (χ1n) is 6.11. The minimum atomic E-state index is -0.723. The van der Waals surface area contributed by atoms with Crippen molar-refractivity contribution in [3.05, 3.63) is 30.3 Å². The number of ketones is 1. The van der Waals surface area contributed by atoms with Crippen LogP contribution in [0.3, 0.4) is 0 Å². The first-order valence-corrected chi connectivity index (χ1v) is 6.99. The molecule has 1 aromatic carbocycles. The van der Waals surface area contributed by atoms with E-state index in [1.165, 1.54) is 11.8 Å². The molecule has 0 fully saturated rings. The maximum Gasteiger partial charge on any atom is 0.375 e. The minimum absolute atomic E-state index is 0.236. The standard InChI is InChI=1S/C14H18O3S/c1-3-8-12(13(15)14(16)17-4-2)18-11-9-6-5-7-10-11/h5-7,9-10,12H,3-4,8H2,1-2H3. The van der Waals surface area contributed by atoms with Crippen LogP contribution in [0.15, 0.2) is 35.2 Å². The van der Waals surface area contributed by atoms with Crippen LogP contribution in [-0.2, 0) is 14.3 Å². The van der Waals surface area contributed by atoms with E-state index in [4.69, 9.17) is 4.74 Å². The third-order valence-electron chi connectivity index (χ3n) is 2.34. The van der Waals surface area contributed by atoms with Crippen molar-refractivity contribution in [2.24, 2.45) is 0 Å². The van der Waals surface area contributed by atoms with Crippen molar-refractivity contribution in [1.29, 1.82) is 0 Å². The number of hydrogen-bond acceptors (Lipinski definition) is 4. The Morgan fingerprint density at radius 2 is 1.89 bits per heavy atom. The molecule has 0 radical (unpaired) electrons. The molecular formula is C14H18O3S. The van der Waals surface area contributed by atoms with E-state index in [1.807, 2.05) is 37.3 Å². The van der Waals surface area contributed by atoms with Gasteiger partial charge in [-0.25, -0.2) is 4.79 Å². The second-order valence-corrected chi connectivity index (χ2v) is 5.07. The molecule has 1 unspecified atom stereocenters. The van der Waals surface area contributed by atoms with Crippen molar-refractivity contribution < 1.29 is 14.3 Å². The molecule has 0 aliphatic rings. The molecule has 0 aliphatic heterocycles. The molecule has 0 heterocycles. The topological polar surface area (TPSA) is 43.4 Å². The summed E-state index contributed by atoms with van der Waals surface area (Å²) < 4.78 is 4.77. The average molecular weight is 266 g/mol. The molecule has 4 heteroatoms. The molecule has 0 bridgehead atoms.